The van der Waals surface area contributed by atoms with E-state index in [1.54, 1.807) is 24.3 Å². The zero-order valence-corrected chi connectivity index (χ0v) is 13.9. The van der Waals surface area contributed by atoms with Crippen LogP contribution >= 0.6 is 0 Å². The first-order valence-corrected chi connectivity index (χ1v) is 8.82. The van der Waals surface area contributed by atoms with Gasteiger partial charge in [-0.25, -0.2) is 8.42 Å². The minimum absolute atomic E-state index is 0.193. The maximum atomic E-state index is 12.8. The number of aryl methyl sites for hydroxylation is 1. The molecule has 0 radical (unpaired) electrons. The van der Waals surface area contributed by atoms with Crippen molar-refractivity contribution in [1.82, 2.24) is 4.47 Å². The molecule has 0 bridgehead atoms. The number of hydrogen-bond donors (Lipinski definition) is 0. The van der Waals surface area contributed by atoms with E-state index in [1.807, 2.05) is 37.3 Å². The lowest BCUT2D eigenvalue weighted by molar-refractivity contribution is -0.139. The van der Waals surface area contributed by atoms with Gasteiger partial charge in [-0.05, 0) is 29.1 Å². The largest absolute Gasteiger partial charge is 0.363 e. The highest BCUT2D eigenvalue weighted by atomic mass is 32.2. The first kappa shape index (κ1) is 16.1. The quantitative estimate of drug-likeness (QED) is 0.863. The molecule has 1 saturated heterocycles. The lowest BCUT2D eigenvalue weighted by Gasteiger charge is -2.21. The van der Waals surface area contributed by atoms with Gasteiger partial charge in [0.2, 0.25) is 0 Å². The van der Waals surface area contributed by atoms with Crippen LogP contribution in [-0.4, -0.2) is 26.2 Å². The summed E-state index contributed by atoms with van der Waals surface area (Å²) in [5.41, 5.74) is 1.92. The molecule has 2 aromatic carbocycles. The molecule has 2 aromatic rings. The molecule has 0 amide bonds. The summed E-state index contributed by atoms with van der Waals surface area (Å²) < 4.78 is 31.9. The van der Waals surface area contributed by atoms with E-state index in [-0.39, 0.29) is 11.0 Å². The minimum atomic E-state index is -3.77. The van der Waals surface area contributed by atoms with E-state index in [0.29, 0.717) is 6.42 Å². The summed E-state index contributed by atoms with van der Waals surface area (Å²) in [5, 5.41) is 0. The molecular weight excluding hydrogens is 314 g/mol. The van der Waals surface area contributed by atoms with Gasteiger partial charge in [-0.15, -0.1) is 0 Å². The number of ether oxygens (including phenoxy) is 1. The minimum Gasteiger partial charge on any atom is -0.363 e. The first-order chi connectivity index (χ1) is 11.0. The monoisotopic (exact) mass is 333 g/mol. The molecule has 3 rings (SSSR count). The predicted molar refractivity (Wildman–Crippen MR) is 85.9 cm³/mol. The number of methoxy groups -OCH3 is 1. The molecule has 1 aliphatic heterocycles. The molecule has 0 saturated carbocycles. The molecular formula is C17H19NO4S. The summed E-state index contributed by atoms with van der Waals surface area (Å²) in [6.45, 7) is 1.91. The van der Waals surface area contributed by atoms with Crippen LogP contribution in [0.5, 0.6) is 0 Å². The second kappa shape index (κ2) is 6.41. The number of nitrogens with zero attached hydrogens (tertiary/aromatic N) is 1. The van der Waals surface area contributed by atoms with Gasteiger partial charge in [0.1, 0.15) is 6.10 Å². The van der Waals surface area contributed by atoms with Crippen molar-refractivity contribution in [3.05, 3.63) is 65.7 Å². The molecule has 23 heavy (non-hydrogen) atoms. The van der Waals surface area contributed by atoms with Gasteiger partial charge >= 0.3 is 0 Å². The molecule has 0 spiro atoms. The van der Waals surface area contributed by atoms with Gasteiger partial charge < -0.3 is 4.74 Å². The van der Waals surface area contributed by atoms with E-state index < -0.39 is 16.3 Å². The Labute approximate surface area is 136 Å². The summed E-state index contributed by atoms with van der Waals surface area (Å²) in [5.74, 6) is 0. The Kier molecular flexibility index (Phi) is 4.50. The molecule has 1 aliphatic rings. The van der Waals surface area contributed by atoms with Gasteiger partial charge in [0.25, 0.3) is 10.0 Å². The van der Waals surface area contributed by atoms with E-state index in [1.165, 1.54) is 7.11 Å². The van der Waals surface area contributed by atoms with Gasteiger partial charge in [-0.3, -0.25) is 4.84 Å². The molecule has 6 heteroatoms. The van der Waals surface area contributed by atoms with Gasteiger partial charge in [0.05, 0.1) is 4.90 Å². The Morgan fingerprint density at radius 2 is 1.74 bits per heavy atom. The van der Waals surface area contributed by atoms with Crippen LogP contribution in [0.15, 0.2) is 59.5 Å². The number of benzene rings is 2. The molecule has 5 nitrogen and oxygen atoms in total. The Balaban J connectivity index is 1.90. The second-order valence-electron chi connectivity index (χ2n) is 5.50. The standard InChI is InChI=1S/C17H19NO4S/c1-13-8-10-15(11-9-13)23(19,20)18-17(21-2)12-16(22-18)14-6-4-3-5-7-14/h3-11,16-17H,12H2,1-2H3/t16-,17?/m1/s1. The molecule has 0 aromatic heterocycles. The van der Waals surface area contributed by atoms with Gasteiger partial charge in [0, 0.05) is 13.5 Å². The van der Waals surface area contributed by atoms with Crippen LogP contribution in [0.25, 0.3) is 0 Å². The highest BCUT2D eigenvalue weighted by Crippen LogP contribution is 2.37. The van der Waals surface area contributed by atoms with Crippen molar-refractivity contribution in [2.45, 2.75) is 30.6 Å². The topological polar surface area (TPSA) is 55.8 Å². The zero-order chi connectivity index (χ0) is 16.4. The Morgan fingerprint density at radius 3 is 2.35 bits per heavy atom. The number of hydroxylamine groups is 1. The summed E-state index contributed by atoms with van der Waals surface area (Å²) in [6, 6.07) is 16.2. The second-order valence-corrected chi connectivity index (χ2v) is 7.29. The van der Waals surface area contributed by atoms with Crippen molar-refractivity contribution in [2.24, 2.45) is 0 Å². The molecule has 1 unspecified atom stereocenters. The van der Waals surface area contributed by atoms with Crippen LogP contribution in [0.2, 0.25) is 0 Å². The molecule has 0 N–H and O–H groups in total. The normalized spacial score (nSPS) is 22.3. The zero-order valence-electron chi connectivity index (χ0n) is 13.0. The average Bonchev–Trinajstić information content (AvgIpc) is 3.01. The molecule has 1 fully saturated rings. The van der Waals surface area contributed by atoms with E-state index in [2.05, 4.69) is 0 Å². The summed E-state index contributed by atoms with van der Waals surface area (Å²) >= 11 is 0. The van der Waals surface area contributed by atoms with Gasteiger partial charge in [-0.2, -0.15) is 0 Å². The van der Waals surface area contributed by atoms with Crippen molar-refractivity contribution in [1.29, 1.82) is 0 Å². The van der Waals surface area contributed by atoms with Crippen molar-refractivity contribution in [3.8, 4) is 0 Å². The van der Waals surface area contributed by atoms with E-state index >= 15 is 0 Å². The van der Waals surface area contributed by atoms with Crippen molar-refractivity contribution in [2.75, 3.05) is 7.11 Å². The van der Waals surface area contributed by atoms with E-state index in [0.717, 1.165) is 15.6 Å². The van der Waals surface area contributed by atoms with Crippen LogP contribution < -0.4 is 0 Å². The summed E-state index contributed by atoms with van der Waals surface area (Å²) in [7, 11) is -2.29. The lowest BCUT2D eigenvalue weighted by atomic mass is 10.1. The fourth-order valence-electron chi connectivity index (χ4n) is 2.58. The fraction of sp³-hybridized carbons (Fsp3) is 0.294. The van der Waals surface area contributed by atoms with Crippen LogP contribution in [0, 0.1) is 6.92 Å². The van der Waals surface area contributed by atoms with Crippen LogP contribution in [0.4, 0.5) is 0 Å². The SMILES string of the molecule is COC1C[C@H](c2ccccc2)ON1S(=O)(=O)c1ccc(C)cc1. The van der Waals surface area contributed by atoms with Crippen LogP contribution in [0.1, 0.15) is 23.7 Å². The van der Waals surface area contributed by atoms with Gasteiger partial charge in [0.15, 0.2) is 6.23 Å². The highest BCUT2D eigenvalue weighted by molar-refractivity contribution is 7.89. The maximum absolute atomic E-state index is 12.8. The predicted octanol–water partition coefficient (Wildman–Crippen LogP) is 3.03. The summed E-state index contributed by atoms with van der Waals surface area (Å²) in [6.07, 6.45) is -0.543. The fourth-order valence-corrected chi connectivity index (χ4v) is 3.96. The third-order valence-corrected chi connectivity index (χ3v) is 5.54. The Morgan fingerprint density at radius 1 is 1.09 bits per heavy atom. The summed E-state index contributed by atoms with van der Waals surface area (Å²) in [4.78, 5) is 5.91. The third kappa shape index (κ3) is 3.16. The van der Waals surface area contributed by atoms with Crippen molar-refractivity contribution < 1.29 is 18.0 Å². The molecule has 1 heterocycles. The third-order valence-electron chi connectivity index (χ3n) is 3.88. The van der Waals surface area contributed by atoms with Crippen molar-refractivity contribution >= 4 is 10.0 Å². The molecule has 122 valence electrons. The molecule has 0 aliphatic carbocycles. The number of rotatable bonds is 4. The average molecular weight is 333 g/mol. The number of sulfonamides is 1. The molecule has 2 atom stereocenters. The van der Waals surface area contributed by atoms with Gasteiger partial charge in [-0.1, -0.05) is 48.0 Å². The van der Waals surface area contributed by atoms with Crippen molar-refractivity contribution in [3.63, 3.8) is 0 Å². The Hall–Kier alpha value is -1.73. The van der Waals surface area contributed by atoms with E-state index in [9.17, 15) is 8.42 Å². The van der Waals surface area contributed by atoms with Crippen LogP contribution in [0.3, 0.4) is 0 Å². The Bertz CT molecular complexity index is 759. The highest BCUT2D eigenvalue weighted by Gasteiger charge is 2.42. The van der Waals surface area contributed by atoms with E-state index in [4.69, 9.17) is 9.57 Å². The van der Waals surface area contributed by atoms with Crippen LogP contribution in [-0.2, 0) is 19.6 Å². The first-order valence-electron chi connectivity index (χ1n) is 7.38. The smallest absolute Gasteiger partial charge is 0.267 e. The maximum Gasteiger partial charge on any atom is 0.267 e. The number of hydrogen-bond acceptors (Lipinski definition) is 4. The lowest BCUT2D eigenvalue weighted by Crippen LogP contribution is -2.35.